The Morgan fingerprint density at radius 1 is 1.21 bits per heavy atom. The molecular formula is C10H21BO3. The Hall–Kier alpha value is -0.0551. The van der Waals surface area contributed by atoms with Crippen LogP contribution in [-0.2, 0) is 4.65 Å². The molecule has 1 aliphatic carbocycles. The molecule has 0 aromatic rings. The first-order valence-electron chi connectivity index (χ1n) is 5.63. The third kappa shape index (κ3) is 2.97. The lowest BCUT2D eigenvalue weighted by molar-refractivity contribution is 0.0412. The molecule has 0 heterocycles. The zero-order valence-corrected chi connectivity index (χ0v) is 9.20. The highest BCUT2D eigenvalue weighted by molar-refractivity contribution is 6.32. The van der Waals surface area contributed by atoms with Crippen molar-refractivity contribution in [2.75, 3.05) is 0 Å². The third-order valence-corrected chi connectivity index (χ3v) is 3.81. The summed E-state index contributed by atoms with van der Waals surface area (Å²) in [4.78, 5) is 0. The summed E-state index contributed by atoms with van der Waals surface area (Å²) in [6, 6.07) is 0. The minimum atomic E-state index is -1.60. The van der Waals surface area contributed by atoms with E-state index < -0.39 is 7.32 Å². The first-order valence-corrected chi connectivity index (χ1v) is 5.63. The molecule has 0 atom stereocenters. The molecule has 1 aliphatic rings. The van der Waals surface area contributed by atoms with Crippen LogP contribution in [0.3, 0.4) is 0 Å². The van der Waals surface area contributed by atoms with Crippen LogP contribution in [0, 0.1) is 5.41 Å². The molecule has 0 unspecified atom stereocenters. The molecule has 1 fully saturated rings. The van der Waals surface area contributed by atoms with E-state index >= 15 is 0 Å². The van der Waals surface area contributed by atoms with Gasteiger partial charge in [-0.25, -0.2) is 0 Å². The Morgan fingerprint density at radius 3 is 2.07 bits per heavy atom. The van der Waals surface area contributed by atoms with Gasteiger partial charge in [0, 0.05) is 6.10 Å². The fourth-order valence-electron chi connectivity index (χ4n) is 2.47. The highest BCUT2D eigenvalue weighted by Crippen LogP contribution is 2.42. The highest BCUT2D eigenvalue weighted by Gasteiger charge is 2.33. The van der Waals surface area contributed by atoms with Gasteiger partial charge in [0.15, 0.2) is 0 Å². The molecule has 0 radical (unpaired) electrons. The Balaban J connectivity index is 2.37. The molecule has 0 saturated heterocycles. The van der Waals surface area contributed by atoms with E-state index in [1.165, 1.54) is 12.8 Å². The van der Waals surface area contributed by atoms with E-state index in [9.17, 15) is 0 Å². The average molecular weight is 200 g/mol. The average Bonchev–Trinajstić information content (AvgIpc) is 2.19. The largest absolute Gasteiger partial charge is 0.634 e. The van der Waals surface area contributed by atoms with E-state index in [1.54, 1.807) is 0 Å². The standard InChI is InChI=1S/C10H21BO3/c1-3-10(4-2)7-5-9(6-8-10)14-11(12)13/h9,12-13H,3-8H2,1-2H3. The lowest BCUT2D eigenvalue weighted by Crippen LogP contribution is -2.34. The van der Waals surface area contributed by atoms with Crippen LogP contribution in [0.2, 0.25) is 0 Å². The van der Waals surface area contributed by atoms with E-state index in [4.69, 9.17) is 14.7 Å². The van der Waals surface area contributed by atoms with Crippen molar-refractivity contribution in [3.05, 3.63) is 0 Å². The van der Waals surface area contributed by atoms with Gasteiger partial charge in [-0.2, -0.15) is 0 Å². The quantitative estimate of drug-likeness (QED) is 0.679. The maximum atomic E-state index is 8.68. The van der Waals surface area contributed by atoms with Crippen LogP contribution in [0.4, 0.5) is 0 Å². The summed E-state index contributed by atoms with van der Waals surface area (Å²) in [5.74, 6) is 0. The van der Waals surface area contributed by atoms with Crippen LogP contribution in [0.15, 0.2) is 0 Å². The van der Waals surface area contributed by atoms with E-state index in [0.29, 0.717) is 5.41 Å². The van der Waals surface area contributed by atoms with Crippen LogP contribution in [0.25, 0.3) is 0 Å². The van der Waals surface area contributed by atoms with E-state index in [2.05, 4.69) is 13.8 Å². The van der Waals surface area contributed by atoms with E-state index in [0.717, 1.165) is 25.7 Å². The van der Waals surface area contributed by atoms with Gasteiger partial charge in [-0.1, -0.05) is 26.7 Å². The van der Waals surface area contributed by atoms with Gasteiger partial charge in [-0.15, -0.1) is 0 Å². The number of hydrogen-bond donors (Lipinski definition) is 2. The Bertz CT molecular complexity index is 159. The van der Waals surface area contributed by atoms with Gasteiger partial charge in [0.05, 0.1) is 0 Å². The molecule has 0 spiro atoms. The molecule has 1 saturated carbocycles. The monoisotopic (exact) mass is 200 g/mol. The van der Waals surface area contributed by atoms with Gasteiger partial charge in [0.1, 0.15) is 0 Å². The summed E-state index contributed by atoms with van der Waals surface area (Å²) in [6.45, 7) is 4.48. The normalized spacial score (nSPS) is 22.3. The second kappa shape index (κ2) is 5.15. The zero-order valence-electron chi connectivity index (χ0n) is 9.20. The SMILES string of the molecule is CCC1(CC)CCC(OB(O)O)CC1. The summed E-state index contributed by atoms with van der Waals surface area (Å²) in [5, 5.41) is 17.4. The molecule has 0 aromatic carbocycles. The summed E-state index contributed by atoms with van der Waals surface area (Å²) < 4.78 is 4.98. The van der Waals surface area contributed by atoms with Crippen LogP contribution in [-0.4, -0.2) is 23.5 Å². The molecule has 82 valence electrons. The molecule has 2 N–H and O–H groups in total. The van der Waals surface area contributed by atoms with Crippen molar-refractivity contribution in [3.63, 3.8) is 0 Å². The molecule has 1 rings (SSSR count). The minimum Gasteiger partial charge on any atom is -0.402 e. The molecule has 14 heavy (non-hydrogen) atoms. The van der Waals surface area contributed by atoms with Crippen molar-refractivity contribution in [1.29, 1.82) is 0 Å². The molecule has 3 nitrogen and oxygen atoms in total. The Labute approximate surface area is 86.6 Å². The van der Waals surface area contributed by atoms with Gasteiger partial charge < -0.3 is 14.7 Å². The smallest absolute Gasteiger partial charge is 0.402 e. The topological polar surface area (TPSA) is 49.7 Å². The van der Waals surface area contributed by atoms with Gasteiger partial charge in [-0.05, 0) is 31.1 Å². The van der Waals surface area contributed by atoms with Gasteiger partial charge in [0.25, 0.3) is 0 Å². The molecule has 4 heteroatoms. The minimum absolute atomic E-state index is 0.0428. The molecule has 0 aromatic heterocycles. The summed E-state index contributed by atoms with van der Waals surface area (Å²) in [5.41, 5.74) is 0.486. The van der Waals surface area contributed by atoms with Crippen molar-refractivity contribution in [2.45, 2.75) is 58.5 Å². The van der Waals surface area contributed by atoms with Gasteiger partial charge in [0.2, 0.25) is 0 Å². The molecule has 0 aliphatic heterocycles. The maximum Gasteiger partial charge on any atom is 0.634 e. The fraction of sp³-hybridized carbons (Fsp3) is 1.00. The van der Waals surface area contributed by atoms with Gasteiger partial charge >= 0.3 is 7.32 Å². The lowest BCUT2D eigenvalue weighted by atomic mass is 9.69. The molecule has 0 amide bonds. The summed E-state index contributed by atoms with van der Waals surface area (Å²) >= 11 is 0. The summed E-state index contributed by atoms with van der Waals surface area (Å²) in [6.07, 6.45) is 6.70. The van der Waals surface area contributed by atoms with Crippen LogP contribution >= 0.6 is 0 Å². The van der Waals surface area contributed by atoms with Gasteiger partial charge in [-0.3, -0.25) is 0 Å². The zero-order chi connectivity index (χ0) is 10.6. The first-order chi connectivity index (χ1) is 6.62. The van der Waals surface area contributed by atoms with Crippen molar-refractivity contribution in [2.24, 2.45) is 5.41 Å². The van der Waals surface area contributed by atoms with Crippen LogP contribution in [0.1, 0.15) is 52.4 Å². The van der Waals surface area contributed by atoms with Crippen molar-refractivity contribution in [1.82, 2.24) is 0 Å². The van der Waals surface area contributed by atoms with Crippen molar-refractivity contribution < 1.29 is 14.7 Å². The van der Waals surface area contributed by atoms with Crippen LogP contribution in [0.5, 0.6) is 0 Å². The third-order valence-electron chi connectivity index (χ3n) is 3.81. The molecule has 0 bridgehead atoms. The predicted molar refractivity (Wildman–Crippen MR) is 56.5 cm³/mol. The lowest BCUT2D eigenvalue weighted by Gasteiger charge is -2.39. The predicted octanol–water partition coefficient (Wildman–Crippen LogP) is 1.72. The highest BCUT2D eigenvalue weighted by atomic mass is 16.6. The molecular weight excluding hydrogens is 179 g/mol. The second-order valence-electron chi connectivity index (χ2n) is 4.37. The number of hydrogen-bond acceptors (Lipinski definition) is 3. The van der Waals surface area contributed by atoms with E-state index in [1.807, 2.05) is 0 Å². The van der Waals surface area contributed by atoms with Crippen molar-refractivity contribution >= 4 is 7.32 Å². The summed E-state index contributed by atoms with van der Waals surface area (Å²) in [7, 11) is -1.60. The van der Waals surface area contributed by atoms with Crippen LogP contribution < -0.4 is 0 Å². The van der Waals surface area contributed by atoms with Crippen molar-refractivity contribution in [3.8, 4) is 0 Å². The fourth-order valence-corrected chi connectivity index (χ4v) is 2.47. The first kappa shape index (κ1) is 12.0. The Kier molecular flexibility index (Phi) is 4.42. The van der Waals surface area contributed by atoms with E-state index in [-0.39, 0.29) is 6.10 Å². The maximum absolute atomic E-state index is 8.68. The second-order valence-corrected chi connectivity index (χ2v) is 4.37. The number of rotatable bonds is 4. The Morgan fingerprint density at radius 2 is 1.71 bits per heavy atom.